The van der Waals surface area contributed by atoms with E-state index in [1.807, 2.05) is 0 Å². The number of Topliss-reactive ketones (excluding diaryl/α,β-unsaturated/α-hetero) is 1. The Morgan fingerprint density at radius 2 is 1.65 bits per heavy atom. The molecule has 1 aromatic rings. The standard InChI is InChI=1S/C18H20O5/c1-12(16(20)21)18(17(22)23,14-9-5-6-10-14)11-15(19)13-7-3-2-4-8-13/h2-4,7-8,14H,1,5-6,9-11H2,(H,20,21)(H,22,23)/p-2. The Labute approximate surface area is 134 Å². The third-order valence-electron chi connectivity index (χ3n) is 4.74. The zero-order chi connectivity index (χ0) is 17.0. The predicted octanol–water partition coefficient (Wildman–Crippen LogP) is 0.492. The molecule has 0 aromatic heterocycles. The summed E-state index contributed by atoms with van der Waals surface area (Å²) in [5.74, 6) is -4.14. The maximum Gasteiger partial charge on any atom is 0.164 e. The Bertz CT molecular complexity index is 628. The molecule has 0 saturated heterocycles. The molecule has 1 aliphatic rings. The van der Waals surface area contributed by atoms with Crippen LogP contribution in [0.3, 0.4) is 0 Å². The Hall–Kier alpha value is -2.43. The van der Waals surface area contributed by atoms with Crippen molar-refractivity contribution in [1.29, 1.82) is 0 Å². The quantitative estimate of drug-likeness (QED) is 0.539. The zero-order valence-electron chi connectivity index (χ0n) is 12.7. The highest BCUT2D eigenvalue weighted by Crippen LogP contribution is 2.47. The summed E-state index contributed by atoms with van der Waals surface area (Å²) in [6, 6.07) is 8.20. The Morgan fingerprint density at radius 1 is 1.09 bits per heavy atom. The van der Waals surface area contributed by atoms with E-state index in [1.54, 1.807) is 30.3 Å². The van der Waals surface area contributed by atoms with Gasteiger partial charge >= 0.3 is 0 Å². The van der Waals surface area contributed by atoms with Crippen LogP contribution in [0.25, 0.3) is 0 Å². The first-order valence-electron chi connectivity index (χ1n) is 7.60. The molecule has 1 atom stereocenters. The van der Waals surface area contributed by atoms with E-state index in [2.05, 4.69) is 6.58 Å². The van der Waals surface area contributed by atoms with Crippen molar-refractivity contribution in [1.82, 2.24) is 0 Å². The minimum Gasteiger partial charge on any atom is -0.549 e. The lowest BCUT2D eigenvalue weighted by Gasteiger charge is -2.42. The van der Waals surface area contributed by atoms with Crippen LogP contribution in [0, 0.1) is 11.3 Å². The van der Waals surface area contributed by atoms with Crippen molar-refractivity contribution in [2.45, 2.75) is 32.1 Å². The maximum absolute atomic E-state index is 12.5. The molecule has 23 heavy (non-hydrogen) atoms. The number of carbonyl (C=O) groups is 3. The molecule has 1 unspecified atom stereocenters. The molecule has 0 bridgehead atoms. The normalized spacial score (nSPS) is 17.4. The van der Waals surface area contributed by atoms with Crippen molar-refractivity contribution in [2.75, 3.05) is 0 Å². The SMILES string of the molecule is C=C(C(=O)[O-])C(CC(=O)c1ccccc1)(C(=O)[O-])C1CCCC1. The number of carboxylic acids is 2. The molecule has 1 fully saturated rings. The first-order valence-corrected chi connectivity index (χ1v) is 7.60. The van der Waals surface area contributed by atoms with Crippen molar-refractivity contribution in [3.05, 3.63) is 48.0 Å². The molecule has 2 rings (SSSR count). The summed E-state index contributed by atoms with van der Waals surface area (Å²) in [6.07, 6.45) is 2.17. The lowest BCUT2D eigenvalue weighted by molar-refractivity contribution is -0.324. The van der Waals surface area contributed by atoms with Crippen molar-refractivity contribution in [3.8, 4) is 0 Å². The Balaban J connectivity index is 2.43. The van der Waals surface area contributed by atoms with E-state index in [9.17, 15) is 24.6 Å². The van der Waals surface area contributed by atoms with E-state index in [1.165, 1.54) is 0 Å². The molecule has 1 aliphatic carbocycles. The molecule has 0 amide bonds. The van der Waals surface area contributed by atoms with Gasteiger partial charge in [-0.25, -0.2) is 0 Å². The minimum atomic E-state index is -1.91. The molecule has 1 saturated carbocycles. The van der Waals surface area contributed by atoms with E-state index < -0.39 is 41.0 Å². The molecule has 5 heteroatoms. The van der Waals surface area contributed by atoms with Crippen LogP contribution >= 0.6 is 0 Å². The van der Waals surface area contributed by atoms with Gasteiger partial charge in [0.1, 0.15) is 0 Å². The fraction of sp³-hybridized carbons (Fsp3) is 0.389. The molecular formula is C18H18O5-2. The average molecular weight is 314 g/mol. The second-order valence-corrected chi connectivity index (χ2v) is 5.97. The smallest absolute Gasteiger partial charge is 0.164 e. The number of aliphatic carboxylic acids is 2. The molecule has 5 nitrogen and oxygen atoms in total. The van der Waals surface area contributed by atoms with Crippen molar-refractivity contribution in [3.63, 3.8) is 0 Å². The van der Waals surface area contributed by atoms with E-state index in [-0.39, 0.29) is 0 Å². The average Bonchev–Trinajstić information content (AvgIpc) is 3.06. The van der Waals surface area contributed by atoms with Crippen LogP contribution in [0.1, 0.15) is 42.5 Å². The number of rotatable bonds is 7. The van der Waals surface area contributed by atoms with Crippen LogP contribution in [0.15, 0.2) is 42.5 Å². The topological polar surface area (TPSA) is 97.3 Å². The minimum absolute atomic E-state index is 0.335. The molecule has 0 spiro atoms. The van der Waals surface area contributed by atoms with Crippen LogP contribution in [-0.4, -0.2) is 17.7 Å². The van der Waals surface area contributed by atoms with Gasteiger partial charge in [-0.2, -0.15) is 0 Å². The van der Waals surface area contributed by atoms with E-state index >= 15 is 0 Å². The van der Waals surface area contributed by atoms with Crippen LogP contribution in [0.5, 0.6) is 0 Å². The highest BCUT2D eigenvalue weighted by atomic mass is 16.4. The number of carbonyl (C=O) groups excluding carboxylic acids is 3. The Morgan fingerprint density at radius 3 is 2.13 bits per heavy atom. The van der Waals surface area contributed by atoms with Gasteiger partial charge in [-0.1, -0.05) is 49.8 Å². The van der Waals surface area contributed by atoms with Gasteiger partial charge in [0, 0.05) is 17.4 Å². The zero-order valence-corrected chi connectivity index (χ0v) is 12.7. The lowest BCUT2D eigenvalue weighted by Crippen LogP contribution is -2.52. The summed E-state index contributed by atoms with van der Waals surface area (Å²) in [5.41, 5.74) is -2.15. The summed E-state index contributed by atoms with van der Waals surface area (Å²) >= 11 is 0. The van der Waals surface area contributed by atoms with Gasteiger partial charge in [0.2, 0.25) is 0 Å². The van der Waals surface area contributed by atoms with Gasteiger partial charge in [-0.15, -0.1) is 0 Å². The van der Waals surface area contributed by atoms with Gasteiger partial charge in [-0.05, 0) is 24.3 Å². The lowest BCUT2D eigenvalue weighted by atomic mass is 9.66. The fourth-order valence-electron chi connectivity index (χ4n) is 3.44. The van der Waals surface area contributed by atoms with Gasteiger partial charge in [-0.3, -0.25) is 4.79 Å². The predicted molar refractivity (Wildman–Crippen MR) is 78.9 cm³/mol. The van der Waals surface area contributed by atoms with E-state index in [0.717, 1.165) is 12.8 Å². The largest absolute Gasteiger partial charge is 0.549 e. The van der Waals surface area contributed by atoms with Crippen molar-refractivity contribution >= 4 is 17.7 Å². The van der Waals surface area contributed by atoms with Crippen LogP contribution in [0.4, 0.5) is 0 Å². The highest BCUT2D eigenvalue weighted by molar-refractivity contribution is 6.03. The molecule has 0 aliphatic heterocycles. The van der Waals surface area contributed by atoms with Gasteiger partial charge in [0.15, 0.2) is 5.78 Å². The van der Waals surface area contributed by atoms with Crippen LogP contribution in [-0.2, 0) is 9.59 Å². The van der Waals surface area contributed by atoms with E-state index in [0.29, 0.717) is 18.4 Å². The summed E-state index contributed by atoms with van der Waals surface area (Å²) in [4.78, 5) is 35.7. The number of hydrogen-bond donors (Lipinski definition) is 0. The van der Waals surface area contributed by atoms with Crippen molar-refractivity contribution < 1.29 is 24.6 Å². The third-order valence-corrected chi connectivity index (χ3v) is 4.74. The maximum atomic E-state index is 12.5. The highest BCUT2D eigenvalue weighted by Gasteiger charge is 2.45. The summed E-state index contributed by atoms with van der Waals surface area (Å²) in [7, 11) is 0. The number of carboxylic acid groups (broad SMARTS) is 2. The first kappa shape index (κ1) is 16.9. The Kier molecular flexibility index (Phi) is 4.98. The third kappa shape index (κ3) is 3.18. The second kappa shape index (κ2) is 6.77. The molecule has 0 heterocycles. The summed E-state index contributed by atoms with van der Waals surface area (Å²) in [6.45, 7) is 3.40. The van der Waals surface area contributed by atoms with Crippen molar-refractivity contribution in [2.24, 2.45) is 11.3 Å². The molecule has 1 aromatic carbocycles. The second-order valence-electron chi connectivity index (χ2n) is 5.97. The van der Waals surface area contributed by atoms with E-state index in [4.69, 9.17) is 0 Å². The molecule has 0 radical (unpaired) electrons. The number of hydrogen-bond acceptors (Lipinski definition) is 5. The summed E-state index contributed by atoms with van der Waals surface area (Å²) in [5, 5.41) is 23.2. The van der Waals surface area contributed by atoms with Crippen LogP contribution < -0.4 is 10.2 Å². The summed E-state index contributed by atoms with van der Waals surface area (Å²) < 4.78 is 0. The first-order chi connectivity index (χ1) is 10.9. The monoisotopic (exact) mass is 314 g/mol. The number of ketones is 1. The molecule has 122 valence electrons. The van der Waals surface area contributed by atoms with Crippen LogP contribution in [0.2, 0.25) is 0 Å². The van der Waals surface area contributed by atoms with Gasteiger partial charge in [0.25, 0.3) is 0 Å². The fourth-order valence-corrected chi connectivity index (χ4v) is 3.44. The van der Waals surface area contributed by atoms with Gasteiger partial charge < -0.3 is 19.8 Å². The molecular weight excluding hydrogens is 296 g/mol. The number of benzene rings is 1. The van der Waals surface area contributed by atoms with Gasteiger partial charge in [0.05, 0.1) is 11.9 Å². The molecule has 0 N–H and O–H groups in total.